The van der Waals surface area contributed by atoms with Gasteiger partial charge in [0.25, 0.3) is 0 Å². The molecule has 96 valence electrons. The van der Waals surface area contributed by atoms with E-state index in [1.54, 1.807) is 25.3 Å². The van der Waals surface area contributed by atoms with Gasteiger partial charge in [0.1, 0.15) is 5.82 Å². The number of rotatable bonds is 7. The van der Waals surface area contributed by atoms with Gasteiger partial charge < -0.3 is 10.1 Å². The molecule has 1 atom stereocenters. The van der Waals surface area contributed by atoms with Crippen LogP contribution in [0.4, 0.5) is 4.39 Å². The van der Waals surface area contributed by atoms with E-state index in [1.165, 1.54) is 0 Å². The quantitative estimate of drug-likeness (QED) is 0.813. The van der Waals surface area contributed by atoms with E-state index in [2.05, 4.69) is 12.2 Å². The molecule has 1 unspecified atom stereocenters. The van der Waals surface area contributed by atoms with E-state index in [1.807, 2.05) is 0 Å². The van der Waals surface area contributed by atoms with Crippen LogP contribution in [0, 0.1) is 5.82 Å². The van der Waals surface area contributed by atoms with Gasteiger partial charge >= 0.3 is 0 Å². The predicted molar refractivity (Wildman–Crippen MR) is 69.1 cm³/mol. The van der Waals surface area contributed by atoms with Crippen LogP contribution in [0.3, 0.4) is 0 Å². The van der Waals surface area contributed by atoms with E-state index in [-0.39, 0.29) is 16.9 Å². The van der Waals surface area contributed by atoms with E-state index in [4.69, 9.17) is 16.3 Å². The summed E-state index contributed by atoms with van der Waals surface area (Å²) in [4.78, 5) is 0. The van der Waals surface area contributed by atoms with Crippen LogP contribution < -0.4 is 5.32 Å². The molecule has 1 N–H and O–H groups in total. The molecule has 0 fully saturated rings. The first-order chi connectivity index (χ1) is 8.19. The molecule has 2 nitrogen and oxygen atoms in total. The summed E-state index contributed by atoms with van der Waals surface area (Å²) in [6, 6.07) is 5.21. The predicted octanol–water partition coefficient (Wildman–Crippen LogP) is 3.04. The second-order valence-electron chi connectivity index (χ2n) is 4.02. The molecule has 4 heteroatoms. The first-order valence-corrected chi connectivity index (χ1v) is 6.22. The summed E-state index contributed by atoms with van der Waals surface area (Å²) in [5, 5.41) is 3.51. The molecule has 0 heterocycles. The Hall–Kier alpha value is -0.640. The van der Waals surface area contributed by atoms with Gasteiger partial charge in [0, 0.05) is 13.2 Å². The Kier molecular flexibility index (Phi) is 6.48. The van der Waals surface area contributed by atoms with Crippen LogP contribution in [0.15, 0.2) is 18.2 Å². The third-order valence-electron chi connectivity index (χ3n) is 2.55. The van der Waals surface area contributed by atoms with Gasteiger partial charge in [0.2, 0.25) is 0 Å². The van der Waals surface area contributed by atoms with Gasteiger partial charge in [0.15, 0.2) is 0 Å². The van der Waals surface area contributed by atoms with Crippen LogP contribution in [0.5, 0.6) is 0 Å². The Balaban J connectivity index is 2.67. The minimum Gasteiger partial charge on any atom is -0.383 e. The van der Waals surface area contributed by atoms with Crippen molar-refractivity contribution in [1.82, 2.24) is 5.32 Å². The van der Waals surface area contributed by atoms with Crippen LogP contribution in [0.2, 0.25) is 5.02 Å². The van der Waals surface area contributed by atoms with Crippen LogP contribution >= 0.6 is 11.6 Å². The number of halogens is 2. The monoisotopic (exact) mass is 259 g/mol. The first kappa shape index (κ1) is 14.4. The zero-order chi connectivity index (χ0) is 12.7. The van der Waals surface area contributed by atoms with E-state index < -0.39 is 0 Å². The number of ether oxygens (including phenoxy) is 1. The van der Waals surface area contributed by atoms with Crippen molar-refractivity contribution in [3.05, 3.63) is 34.6 Å². The van der Waals surface area contributed by atoms with Crippen LogP contribution in [0.1, 0.15) is 18.9 Å². The Labute approximate surface area is 107 Å². The lowest BCUT2D eigenvalue weighted by Crippen LogP contribution is -2.35. The first-order valence-electron chi connectivity index (χ1n) is 5.84. The lowest BCUT2D eigenvalue weighted by atomic mass is 10.1. The number of methoxy groups -OCH3 is 1. The van der Waals surface area contributed by atoms with Gasteiger partial charge in [-0.05, 0) is 31.0 Å². The highest BCUT2D eigenvalue weighted by Crippen LogP contribution is 2.19. The Bertz CT molecular complexity index is 346. The molecule has 0 aromatic heterocycles. The number of hydrogen-bond acceptors (Lipinski definition) is 2. The highest BCUT2D eigenvalue weighted by atomic mass is 35.5. The third kappa shape index (κ3) is 4.62. The maximum Gasteiger partial charge on any atom is 0.145 e. The molecule has 1 rings (SSSR count). The second-order valence-corrected chi connectivity index (χ2v) is 4.43. The third-order valence-corrected chi connectivity index (χ3v) is 2.84. The summed E-state index contributed by atoms with van der Waals surface area (Å²) in [5.41, 5.74) is 0.628. The van der Waals surface area contributed by atoms with Crippen LogP contribution in [-0.4, -0.2) is 26.3 Å². The molecule has 1 aromatic carbocycles. The van der Waals surface area contributed by atoms with Crippen LogP contribution in [0.25, 0.3) is 0 Å². The highest BCUT2D eigenvalue weighted by Gasteiger charge is 2.13. The fraction of sp³-hybridized carbons (Fsp3) is 0.538. The Morgan fingerprint density at radius 2 is 2.24 bits per heavy atom. The molecule has 0 saturated heterocycles. The molecule has 1 aromatic rings. The minimum absolute atomic E-state index is 0.118. The maximum absolute atomic E-state index is 13.7. The molecule has 0 bridgehead atoms. The summed E-state index contributed by atoms with van der Waals surface area (Å²) in [6.45, 7) is 3.55. The van der Waals surface area contributed by atoms with Crippen molar-refractivity contribution in [2.75, 3.05) is 20.3 Å². The summed E-state index contributed by atoms with van der Waals surface area (Å²) in [6.07, 6.45) is 1.62. The SMILES string of the molecule is CCCNC(COC)Cc1cccc(Cl)c1F. The smallest absolute Gasteiger partial charge is 0.145 e. The largest absolute Gasteiger partial charge is 0.383 e. The summed E-state index contributed by atoms with van der Waals surface area (Å²) >= 11 is 5.75. The van der Waals surface area contributed by atoms with Crippen molar-refractivity contribution in [3.63, 3.8) is 0 Å². The summed E-state index contributed by atoms with van der Waals surface area (Å²) in [5.74, 6) is -0.325. The van der Waals surface area contributed by atoms with Gasteiger partial charge in [-0.2, -0.15) is 0 Å². The zero-order valence-corrected chi connectivity index (χ0v) is 11.1. The van der Waals surface area contributed by atoms with Crippen molar-refractivity contribution in [2.45, 2.75) is 25.8 Å². The van der Waals surface area contributed by atoms with E-state index >= 15 is 0 Å². The Morgan fingerprint density at radius 3 is 2.88 bits per heavy atom. The zero-order valence-electron chi connectivity index (χ0n) is 10.3. The molecule has 0 spiro atoms. The van der Waals surface area contributed by atoms with Crippen molar-refractivity contribution in [1.29, 1.82) is 0 Å². The minimum atomic E-state index is -0.325. The van der Waals surface area contributed by atoms with E-state index in [0.717, 1.165) is 13.0 Å². The molecule has 0 saturated carbocycles. The molecule has 0 aliphatic carbocycles. The van der Waals surface area contributed by atoms with Crippen molar-refractivity contribution in [2.24, 2.45) is 0 Å². The maximum atomic E-state index is 13.7. The molecular weight excluding hydrogens is 241 g/mol. The van der Waals surface area contributed by atoms with Gasteiger partial charge in [-0.15, -0.1) is 0 Å². The normalized spacial score (nSPS) is 12.7. The second kappa shape index (κ2) is 7.64. The van der Waals surface area contributed by atoms with Gasteiger partial charge in [0.05, 0.1) is 11.6 Å². The van der Waals surface area contributed by atoms with Gasteiger partial charge in [-0.3, -0.25) is 0 Å². The molecule has 0 radical (unpaired) electrons. The van der Waals surface area contributed by atoms with Crippen molar-refractivity contribution >= 4 is 11.6 Å². The number of nitrogens with one attached hydrogen (secondary N) is 1. The molecule has 0 aliphatic rings. The Morgan fingerprint density at radius 1 is 1.47 bits per heavy atom. The molecular formula is C13H19ClFNO. The number of benzene rings is 1. The van der Waals surface area contributed by atoms with Crippen LogP contribution in [-0.2, 0) is 11.2 Å². The lowest BCUT2D eigenvalue weighted by molar-refractivity contribution is 0.165. The average molecular weight is 260 g/mol. The molecule has 17 heavy (non-hydrogen) atoms. The van der Waals surface area contributed by atoms with E-state index in [0.29, 0.717) is 18.6 Å². The van der Waals surface area contributed by atoms with Gasteiger partial charge in [-0.1, -0.05) is 30.7 Å². The molecule has 0 amide bonds. The highest BCUT2D eigenvalue weighted by molar-refractivity contribution is 6.30. The fourth-order valence-corrected chi connectivity index (χ4v) is 1.91. The lowest BCUT2D eigenvalue weighted by Gasteiger charge is -2.18. The number of hydrogen-bond donors (Lipinski definition) is 1. The topological polar surface area (TPSA) is 21.3 Å². The average Bonchev–Trinajstić information content (AvgIpc) is 2.32. The standard InChI is InChI=1S/C13H19ClFNO/c1-3-7-16-11(9-17-2)8-10-5-4-6-12(14)13(10)15/h4-6,11,16H,3,7-9H2,1-2H3. The molecule has 0 aliphatic heterocycles. The van der Waals surface area contributed by atoms with Gasteiger partial charge in [-0.25, -0.2) is 4.39 Å². The van der Waals surface area contributed by atoms with E-state index in [9.17, 15) is 4.39 Å². The van der Waals surface area contributed by atoms with Crippen molar-refractivity contribution < 1.29 is 9.13 Å². The van der Waals surface area contributed by atoms with Crippen molar-refractivity contribution in [3.8, 4) is 0 Å². The summed E-state index contributed by atoms with van der Waals surface area (Å²) in [7, 11) is 1.65. The fourth-order valence-electron chi connectivity index (χ4n) is 1.71. The summed E-state index contributed by atoms with van der Waals surface area (Å²) < 4.78 is 18.8.